The molecule has 0 fully saturated rings. The number of carboxylic acid groups (broad SMARTS) is 1. The molecule has 0 unspecified atom stereocenters. The van der Waals surface area contributed by atoms with Crippen LogP contribution in [0.25, 0.3) is 0 Å². The Morgan fingerprint density at radius 2 is 2.06 bits per heavy atom. The van der Waals surface area contributed by atoms with Gasteiger partial charge in [-0.3, -0.25) is 14.9 Å². The fourth-order valence-corrected chi connectivity index (χ4v) is 1.12. The number of nitrogens with one attached hydrogen (secondary N) is 1. The van der Waals surface area contributed by atoms with Gasteiger partial charge in [-0.15, -0.1) is 0 Å². The van der Waals surface area contributed by atoms with E-state index in [4.69, 9.17) is 5.11 Å². The summed E-state index contributed by atoms with van der Waals surface area (Å²) in [6.07, 6.45) is 0. The summed E-state index contributed by atoms with van der Waals surface area (Å²) < 4.78 is 0. The molecule has 0 atom stereocenters. The van der Waals surface area contributed by atoms with E-state index in [1.165, 1.54) is 6.92 Å². The fourth-order valence-electron chi connectivity index (χ4n) is 1.12. The monoisotopic (exact) mass is 224 g/mol. The van der Waals surface area contributed by atoms with Crippen LogP contribution in [0.2, 0.25) is 0 Å². The molecule has 7 heteroatoms. The van der Waals surface area contributed by atoms with E-state index in [0.717, 1.165) is 18.2 Å². The van der Waals surface area contributed by atoms with Crippen LogP contribution in [0.3, 0.4) is 0 Å². The van der Waals surface area contributed by atoms with E-state index in [1.807, 2.05) is 0 Å². The van der Waals surface area contributed by atoms with Gasteiger partial charge in [-0.05, 0) is 12.1 Å². The molecule has 0 aromatic heterocycles. The Labute approximate surface area is 89.8 Å². The van der Waals surface area contributed by atoms with Gasteiger partial charge in [0.2, 0.25) is 5.91 Å². The molecule has 7 nitrogen and oxygen atoms in total. The van der Waals surface area contributed by atoms with Gasteiger partial charge >= 0.3 is 5.97 Å². The Morgan fingerprint density at radius 1 is 1.44 bits per heavy atom. The highest BCUT2D eigenvalue weighted by Crippen LogP contribution is 2.25. The number of nitro benzene ring substituents is 1. The maximum absolute atomic E-state index is 10.8. The van der Waals surface area contributed by atoms with Crippen molar-refractivity contribution in [2.24, 2.45) is 0 Å². The molecule has 0 spiro atoms. The van der Waals surface area contributed by atoms with Crippen LogP contribution in [0.1, 0.15) is 17.3 Å². The number of amides is 1. The lowest BCUT2D eigenvalue weighted by atomic mass is 10.1. The van der Waals surface area contributed by atoms with Crippen LogP contribution in [0.4, 0.5) is 11.4 Å². The molecule has 1 rings (SSSR count). The van der Waals surface area contributed by atoms with Crippen molar-refractivity contribution in [3.05, 3.63) is 33.9 Å². The van der Waals surface area contributed by atoms with Crippen molar-refractivity contribution in [3.8, 4) is 0 Å². The average molecular weight is 224 g/mol. The number of hydrogen-bond donors (Lipinski definition) is 2. The number of aromatic carboxylic acids is 1. The number of carboxylic acids is 1. The third-order valence-corrected chi connectivity index (χ3v) is 1.75. The number of benzene rings is 1. The number of nitro groups is 1. The molecule has 16 heavy (non-hydrogen) atoms. The molecule has 0 bridgehead atoms. The number of carbonyl (C=O) groups excluding carboxylic acids is 1. The number of carbonyl (C=O) groups is 2. The van der Waals surface area contributed by atoms with Crippen molar-refractivity contribution >= 4 is 23.3 Å². The van der Waals surface area contributed by atoms with Crippen molar-refractivity contribution in [2.45, 2.75) is 6.92 Å². The molecule has 0 saturated heterocycles. The van der Waals surface area contributed by atoms with Gasteiger partial charge in [0.25, 0.3) is 5.69 Å². The topological polar surface area (TPSA) is 110 Å². The number of hydrogen-bond acceptors (Lipinski definition) is 4. The Hall–Kier alpha value is -2.44. The highest BCUT2D eigenvalue weighted by molar-refractivity contribution is 5.95. The first kappa shape index (κ1) is 11.6. The summed E-state index contributed by atoms with van der Waals surface area (Å²) in [6, 6.07) is 3.18. The predicted octanol–water partition coefficient (Wildman–Crippen LogP) is 1.25. The molecule has 1 aromatic rings. The maximum atomic E-state index is 10.8. The minimum atomic E-state index is -1.22. The molecule has 0 radical (unpaired) electrons. The Balaban J connectivity index is 3.26. The summed E-state index contributed by atoms with van der Waals surface area (Å²) in [5.41, 5.74) is -0.605. The SMILES string of the molecule is CC(=O)Nc1cc(C(=O)O)ccc1[N+](=O)[O-]. The summed E-state index contributed by atoms with van der Waals surface area (Å²) in [5.74, 6) is -1.73. The van der Waals surface area contributed by atoms with Gasteiger partial charge in [-0.25, -0.2) is 4.79 Å². The summed E-state index contributed by atoms with van der Waals surface area (Å²) in [4.78, 5) is 31.3. The van der Waals surface area contributed by atoms with Gasteiger partial charge in [0.15, 0.2) is 0 Å². The third kappa shape index (κ3) is 2.53. The second-order valence-corrected chi connectivity index (χ2v) is 2.98. The van der Waals surface area contributed by atoms with Crippen LogP contribution >= 0.6 is 0 Å². The van der Waals surface area contributed by atoms with Crippen LogP contribution in [0, 0.1) is 10.1 Å². The van der Waals surface area contributed by atoms with Crippen LogP contribution in [0.5, 0.6) is 0 Å². The molecule has 0 aliphatic carbocycles. The molecule has 2 N–H and O–H groups in total. The molecular weight excluding hydrogens is 216 g/mol. The van der Waals surface area contributed by atoms with Gasteiger partial charge in [0.1, 0.15) is 5.69 Å². The van der Waals surface area contributed by atoms with E-state index in [0.29, 0.717) is 0 Å². The minimum absolute atomic E-state index is 0.127. The average Bonchev–Trinajstić information content (AvgIpc) is 2.15. The Bertz CT molecular complexity index is 469. The van der Waals surface area contributed by atoms with Crippen molar-refractivity contribution in [1.29, 1.82) is 0 Å². The lowest BCUT2D eigenvalue weighted by Crippen LogP contribution is -2.09. The lowest BCUT2D eigenvalue weighted by Gasteiger charge is -2.04. The van der Waals surface area contributed by atoms with Gasteiger partial charge in [0, 0.05) is 13.0 Å². The molecule has 0 saturated carbocycles. The van der Waals surface area contributed by atoms with Gasteiger partial charge < -0.3 is 10.4 Å². The molecule has 1 aromatic carbocycles. The lowest BCUT2D eigenvalue weighted by molar-refractivity contribution is -0.383. The van der Waals surface area contributed by atoms with E-state index in [-0.39, 0.29) is 16.9 Å². The third-order valence-electron chi connectivity index (χ3n) is 1.75. The summed E-state index contributed by atoms with van der Waals surface area (Å²) in [5, 5.41) is 21.5. The Kier molecular flexibility index (Phi) is 3.19. The van der Waals surface area contributed by atoms with E-state index in [2.05, 4.69) is 5.32 Å². The quantitative estimate of drug-likeness (QED) is 0.593. The van der Waals surface area contributed by atoms with Crippen molar-refractivity contribution in [3.63, 3.8) is 0 Å². The predicted molar refractivity (Wildman–Crippen MR) is 54.4 cm³/mol. The number of rotatable bonds is 3. The second-order valence-electron chi connectivity index (χ2n) is 2.98. The van der Waals surface area contributed by atoms with Crippen LogP contribution < -0.4 is 5.32 Å². The zero-order valence-electron chi connectivity index (χ0n) is 8.26. The molecular formula is C9H8N2O5. The summed E-state index contributed by atoms with van der Waals surface area (Å²) in [6.45, 7) is 1.18. The normalized spacial score (nSPS) is 9.56. The molecule has 1 amide bonds. The van der Waals surface area contributed by atoms with E-state index >= 15 is 0 Å². The van der Waals surface area contributed by atoms with Gasteiger partial charge in [-0.2, -0.15) is 0 Å². The zero-order valence-corrected chi connectivity index (χ0v) is 8.26. The Morgan fingerprint density at radius 3 is 2.50 bits per heavy atom. The first-order valence-corrected chi connectivity index (χ1v) is 4.21. The molecule has 0 aliphatic rings. The molecule has 0 heterocycles. The fraction of sp³-hybridized carbons (Fsp3) is 0.111. The zero-order chi connectivity index (χ0) is 12.3. The van der Waals surface area contributed by atoms with Crippen molar-refractivity contribution < 1.29 is 19.6 Å². The summed E-state index contributed by atoms with van der Waals surface area (Å²) in [7, 11) is 0. The summed E-state index contributed by atoms with van der Waals surface area (Å²) >= 11 is 0. The highest BCUT2D eigenvalue weighted by atomic mass is 16.6. The molecule has 0 aliphatic heterocycles. The largest absolute Gasteiger partial charge is 0.478 e. The van der Waals surface area contributed by atoms with Crippen molar-refractivity contribution in [2.75, 3.05) is 5.32 Å². The number of nitrogens with zero attached hydrogens (tertiary/aromatic N) is 1. The molecule has 84 valence electrons. The smallest absolute Gasteiger partial charge is 0.335 e. The van der Waals surface area contributed by atoms with Crippen LogP contribution in [-0.2, 0) is 4.79 Å². The minimum Gasteiger partial charge on any atom is -0.478 e. The van der Waals surface area contributed by atoms with E-state index < -0.39 is 16.8 Å². The highest BCUT2D eigenvalue weighted by Gasteiger charge is 2.17. The standard InChI is InChI=1S/C9H8N2O5/c1-5(12)10-7-4-6(9(13)14)2-3-8(7)11(15)16/h2-4H,1H3,(H,10,12)(H,13,14). The van der Waals surface area contributed by atoms with E-state index in [1.54, 1.807) is 0 Å². The van der Waals surface area contributed by atoms with Crippen LogP contribution in [0.15, 0.2) is 18.2 Å². The number of anilines is 1. The maximum Gasteiger partial charge on any atom is 0.335 e. The second kappa shape index (κ2) is 4.39. The van der Waals surface area contributed by atoms with Crippen LogP contribution in [-0.4, -0.2) is 21.9 Å². The van der Waals surface area contributed by atoms with Crippen molar-refractivity contribution in [1.82, 2.24) is 0 Å². The first-order chi connectivity index (χ1) is 7.41. The van der Waals surface area contributed by atoms with E-state index in [9.17, 15) is 19.7 Å². The van der Waals surface area contributed by atoms with Gasteiger partial charge in [0.05, 0.1) is 10.5 Å². The van der Waals surface area contributed by atoms with Gasteiger partial charge in [-0.1, -0.05) is 0 Å². The first-order valence-electron chi connectivity index (χ1n) is 4.21.